The van der Waals surface area contributed by atoms with Crippen LogP contribution in [0.25, 0.3) is 0 Å². The van der Waals surface area contributed by atoms with Gasteiger partial charge in [0.25, 0.3) is 0 Å². The first kappa shape index (κ1) is 12.1. The van der Waals surface area contributed by atoms with E-state index in [0.29, 0.717) is 12.2 Å². The molecule has 0 aliphatic heterocycles. The van der Waals surface area contributed by atoms with Crippen LogP contribution in [0.2, 0.25) is 0 Å². The van der Waals surface area contributed by atoms with Crippen molar-refractivity contribution in [3.05, 3.63) is 53.6 Å². The molecule has 0 aliphatic carbocycles. The topological polar surface area (TPSA) is 33.0 Å². The van der Waals surface area contributed by atoms with E-state index < -0.39 is 0 Å². The summed E-state index contributed by atoms with van der Waals surface area (Å²) in [5.41, 5.74) is 1.80. The predicted molar refractivity (Wildman–Crippen MR) is 65.2 cm³/mol. The van der Waals surface area contributed by atoms with Crippen LogP contribution in [-0.4, -0.2) is 6.61 Å². The molecule has 1 aromatic carbocycles. The lowest BCUT2D eigenvalue weighted by Crippen LogP contribution is -1.98. The fourth-order valence-corrected chi connectivity index (χ4v) is 1.13. The van der Waals surface area contributed by atoms with Crippen molar-refractivity contribution < 1.29 is 4.74 Å². The maximum atomic E-state index is 8.64. The Hall–Kier alpha value is -2.01. The summed E-state index contributed by atoms with van der Waals surface area (Å²) >= 11 is 0. The lowest BCUT2D eigenvalue weighted by molar-refractivity contribution is 0.352. The van der Waals surface area contributed by atoms with E-state index in [1.54, 1.807) is 12.1 Å². The summed E-state index contributed by atoms with van der Waals surface area (Å²) < 4.78 is 5.55. The van der Waals surface area contributed by atoms with Gasteiger partial charge in [-0.15, -0.1) is 0 Å². The Morgan fingerprint density at radius 1 is 1.38 bits per heavy atom. The highest BCUT2D eigenvalue weighted by molar-refractivity contribution is 5.34. The third kappa shape index (κ3) is 4.02. The molecule has 0 aliphatic rings. The quantitative estimate of drug-likeness (QED) is 0.717. The third-order valence-corrected chi connectivity index (χ3v) is 2.02. The van der Waals surface area contributed by atoms with Gasteiger partial charge in [0.2, 0.25) is 0 Å². The van der Waals surface area contributed by atoms with Gasteiger partial charge in [-0.1, -0.05) is 18.2 Å². The van der Waals surface area contributed by atoms with Gasteiger partial charge in [0, 0.05) is 0 Å². The van der Waals surface area contributed by atoms with Crippen LogP contribution in [0.1, 0.15) is 19.4 Å². The number of rotatable bonds is 4. The zero-order chi connectivity index (χ0) is 11.8. The highest BCUT2D eigenvalue weighted by Crippen LogP contribution is 2.12. The first-order valence-electron chi connectivity index (χ1n) is 5.17. The summed E-state index contributed by atoms with van der Waals surface area (Å²) in [6, 6.07) is 9.19. The summed E-state index contributed by atoms with van der Waals surface area (Å²) in [7, 11) is 0. The number of hydrogen-bond acceptors (Lipinski definition) is 2. The Labute approximate surface area is 96.5 Å². The predicted octanol–water partition coefficient (Wildman–Crippen LogP) is 3.46. The SMILES string of the molecule is C/C=C\C=C(/C)COc1ccc(C#N)cc1. The standard InChI is InChI=1S/C14H15NO/c1-3-4-5-12(2)11-16-14-8-6-13(10-15)7-9-14/h3-9H,11H2,1-2H3/b4-3-,12-5+. The van der Waals surface area contributed by atoms with E-state index in [9.17, 15) is 0 Å². The van der Waals surface area contributed by atoms with Crippen molar-refractivity contribution in [3.63, 3.8) is 0 Å². The van der Waals surface area contributed by atoms with Crippen molar-refractivity contribution in [2.24, 2.45) is 0 Å². The smallest absolute Gasteiger partial charge is 0.119 e. The number of benzene rings is 1. The Morgan fingerprint density at radius 2 is 2.06 bits per heavy atom. The first-order valence-corrected chi connectivity index (χ1v) is 5.17. The van der Waals surface area contributed by atoms with Crippen LogP contribution in [-0.2, 0) is 0 Å². The average Bonchev–Trinajstić information content (AvgIpc) is 2.34. The van der Waals surface area contributed by atoms with E-state index in [1.807, 2.05) is 44.2 Å². The van der Waals surface area contributed by atoms with Crippen molar-refractivity contribution in [1.29, 1.82) is 5.26 Å². The summed E-state index contributed by atoms with van der Waals surface area (Å²) in [5, 5.41) is 8.64. The van der Waals surface area contributed by atoms with Crippen LogP contribution in [0.3, 0.4) is 0 Å². The molecule has 82 valence electrons. The second-order valence-electron chi connectivity index (χ2n) is 3.46. The van der Waals surface area contributed by atoms with E-state index in [0.717, 1.165) is 11.3 Å². The van der Waals surface area contributed by atoms with Crippen LogP contribution >= 0.6 is 0 Å². The molecule has 0 atom stereocenters. The van der Waals surface area contributed by atoms with E-state index in [4.69, 9.17) is 10.00 Å². The number of nitriles is 1. The van der Waals surface area contributed by atoms with Crippen molar-refractivity contribution in [2.45, 2.75) is 13.8 Å². The van der Waals surface area contributed by atoms with E-state index in [1.165, 1.54) is 0 Å². The van der Waals surface area contributed by atoms with Gasteiger partial charge in [0.15, 0.2) is 0 Å². The van der Waals surface area contributed by atoms with Gasteiger partial charge in [0.1, 0.15) is 12.4 Å². The van der Waals surface area contributed by atoms with Crippen molar-refractivity contribution in [3.8, 4) is 11.8 Å². The maximum absolute atomic E-state index is 8.64. The molecule has 0 saturated carbocycles. The Kier molecular flexibility index (Phi) is 4.88. The molecule has 0 radical (unpaired) electrons. The Morgan fingerprint density at radius 3 is 2.62 bits per heavy atom. The van der Waals surface area contributed by atoms with Gasteiger partial charge in [-0.2, -0.15) is 5.26 Å². The highest BCUT2D eigenvalue weighted by atomic mass is 16.5. The van der Waals surface area contributed by atoms with Crippen LogP contribution in [0, 0.1) is 11.3 Å². The second-order valence-corrected chi connectivity index (χ2v) is 3.46. The molecular weight excluding hydrogens is 198 g/mol. The second kappa shape index (κ2) is 6.47. The highest BCUT2D eigenvalue weighted by Gasteiger charge is 1.94. The number of allylic oxidation sites excluding steroid dienone is 3. The zero-order valence-electron chi connectivity index (χ0n) is 9.60. The fraction of sp³-hybridized carbons (Fsp3) is 0.214. The molecule has 0 N–H and O–H groups in total. The number of ether oxygens (including phenoxy) is 1. The normalized spacial score (nSPS) is 11.4. The van der Waals surface area contributed by atoms with Crippen molar-refractivity contribution in [2.75, 3.05) is 6.61 Å². The minimum absolute atomic E-state index is 0.566. The zero-order valence-corrected chi connectivity index (χ0v) is 9.60. The molecule has 0 fully saturated rings. The lowest BCUT2D eigenvalue weighted by atomic mass is 10.2. The molecule has 0 saturated heterocycles. The number of hydrogen-bond donors (Lipinski definition) is 0. The molecule has 0 amide bonds. The molecule has 0 heterocycles. The molecule has 1 aromatic rings. The summed E-state index contributed by atoms with van der Waals surface area (Å²) in [5.74, 6) is 0.784. The van der Waals surface area contributed by atoms with Crippen molar-refractivity contribution >= 4 is 0 Å². The van der Waals surface area contributed by atoms with Gasteiger partial charge < -0.3 is 4.74 Å². The molecule has 0 unspecified atom stereocenters. The molecule has 16 heavy (non-hydrogen) atoms. The lowest BCUT2D eigenvalue weighted by Gasteiger charge is -2.05. The van der Waals surface area contributed by atoms with Crippen LogP contribution in [0.5, 0.6) is 5.75 Å². The van der Waals surface area contributed by atoms with Crippen LogP contribution in [0.4, 0.5) is 0 Å². The van der Waals surface area contributed by atoms with Gasteiger partial charge in [-0.3, -0.25) is 0 Å². The van der Waals surface area contributed by atoms with Crippen LogP contribution < -0.4 is 4.74 Å². The molecule has 0 aromatic heterocycles. The molecule has 2 nitrogen and oxygen atoms in total. The minimum Gasteiger partial charge on any atom is -0.489 e. The minimum atomic E-state index is 0.566. The summed E-state index contributed by atoms with van der Waals surface area (Å²) in [6.07, 6.45) is 5.98. The average molecular weight is 213 g/mol. The van der Waals surface area contributed by atoms with E-state index in [-0.39, 0.29) is 0 Å². The van der Waals surface area contributed by atoms with E-state index >= 15 is 0 Å². The van der Waals surface area contributed by atoms with Crippen molar-refractivity contribution in [1.82, 2.24) is 0 Å². The molecule has 2 heteroatoms. The summed E-state index contributed by atoms with van der Waals surface area (Å²) in [6.45, 7) is 4.56. The Balaban J connectivity index is 2.52. The first-order chi connectivity index (χ1) is 7.76. The molecule has 0 spiro atoms. The molecule has 1 rings (SSSR count). The van der Waals surface area contributed by atoms with E-state index in [2.05, 4.69) is 6.07 Å². The summed E-state index contributed by atoms with van der Waals surface area (Å²) in [4.78, 5) is 0. The number of nitrogens with zero attached hydrogens (tertiary/aromatic N) is 1. The third-order valence-electron chi connectivity index (χ3n) is 2.02. The Bertz CT molecular complexity index is 421. The molecule has 0 bridgehead atoms. The van der Waals surface area contributed by atoms with Gasteiger partial charge >= 0.3 is 0 Å². The maximum Gasteiger partial charge on any atom is 0.119 e. The fourth-order valence-electron chi connectivity index (χ4n) is 1.13. The molecular formula is C14H15NO. The van der Waals surface area contributed by atoms with Gasteiger partial charge in [0.05, 0.1) is 11.6 Å². The van der Waals surface area contributed by atoms with Gasteiger partial charge in [-0.05, 0) is 43.7 Å². The monoisotopic (exact) mass is 213 g/mol. The van der Waals surface area contributed by atoms with Gasteiger partial charge in [-0.25, -0.2) is 0 Å². The largest absolute Gasteiger partial charge is 0.489 e. The van der Waals surface area contributed by atoms with Crippen LogP contribution in [0.15, 0.2) is 48.1 Å².